The van der Waals surface area contributed by atoms with Gasteiger partial charge in [-0.2, -0.15) is 0 Å². The van der Waals surface area contributed by atoms with Crippen LogP contribution in [0, 0.1) is 6.92 Å². The minimum absolute atomic E-state index is 0.0762. The first-order valence-corrected chi connectivity index (χ1v) is 7.54. The number of fused-ring (bicyclic) bond motifs is 1. The molecule has 2 rings (SSSR count). The van der Waals surface area contributed by atoms with Crippen molar-refractivity contribution >= 4 is 27.8 Å². The molecule has 22 heavy (non-hydrogen) atoms. The second-order valence-electron chi connectivity index (χ2n) is 4.99. The van der Waals surface area contributed by atoms with Crippen LogP contribution in [0.2, 0.25) is 0 Å². The fourth-order valence-electron chi connectivity index (χ4n) is 1.94. The Labute approximate surface area is 126 Å². The van der Waals surface area contributed by atoms with Crippen molar-refractivity contribution < 1.29 is 30.4 Å². The second kappa shape index (κ2) is 6.48. The molecule has 0 amide bonds. The van der Waals surface area contributed by atoms with Gasteiger partial charge in [0.2, 0.25) is 0 Å². The Kier molecular flexibility index (Phi) is 5.54. The lowest BCUT2D eigenvalue weighted by atomic mass is 10.1. The quantitative estimate of drug-likeness (QED) is 0.303. The van der Waals surface area contributed by atoms with Crippen LogP contribution in [-0.2, 0) is 5.51 Å². The summed E-state index contributed by atoms with van der Waals surface area (Å²) in [5, 5.41) is 0.722. The van der Waals surface area contributed by atoms with Crippen LogP contribution in [0.3, 0.4) is 0 Å². The van der Waals surface area contributed by atoms with Gasteiger partial charge in [0.05, 0.1) is 10.5 Å². The Morgan fingerprint density at radius 3 is 1.91 bits per heavy atom. The Hall–Kier alpha value is -1.25. The summed E-state index contributed by atoms with van der Waals surface area (Å²) in [5.74, 6) is -0.0762. The van der Waals surface area contributed by atoms with Crippen molar-refractivity contribution in [3.8, 4) is 0 Å². The van der Waals surface area contributed by atoms with Crippen LogP contribution in [-0.4, -0.2) is 7.25 Å². The molecule has 124 valence electrons. The number of benzene rings is 1. The van der Waals surface area contributed by atoms with E-state index in [4.69, 9.17) is 0 Å². The van der Waals surface area contributed by atoms with Crippen LogP contribution < -0.4 is 0 Å². The van der Waals surface area contributed by atoms with Gasteiger partial charge in [0.1, 0.15) is 0 Å². The third-order valence-corrected chi connectivity index (χ3v) is 5.04. The van der Waals surface area contributed by atoms with Gasteiger partial charge < -0.3 is 17.3 Å². The number of hydrogen-bond donors (Lipinski definition) is 0. The predicted molar refractivity (Wildman–Crippen MR) is 76.7 cm³/mol. The smallest absolute Gasteiger partial charge is 0.418 e. The minimum atomic E-state index is -6.00. The molecular formula is C13H14BF7S. The molecule has 0 N–H and O–H groups in total. The molecule has 0 aliphatic carbocycles. The van der Waals surface area contributed by atoms with Gasteiger partial charge in [-0.15, -0.1) is 13.2 Å². The largest absolute Gasteiger partial charge is 0.673 e. The summed E-state index contributed by atoms with van der Waals surface area (Å²) in [6.45, 7) is 5.46. The van der Waals surface area contributed by atoms with Gasteiger partial charge in [0.25, 0.3) is 0 Å². The first-order chi connectivity index (χ1) is 9.80. The highest BCUT2D eigenvalue weighted by molar-refractivity contribution is 7.38. The average Bonchev–Trinajstić information content (AvgIpc) is 2.64. The third kappa shape index (κ3) is 5.19. The van der Waals surface area contributed by atoms with Gasteiger partial charge >= 0.3 is 12.8 Å². The topological polar surface area (TPSA) is 0 Å². The van der Waals surface area contributed by atoms with Crippen LogP contribution in [0.15, 0.2) is 24.3 Å². The van der Waals surface area contributed by atoms with Crippen LogP contribution in [0.4, 0.5) is 30.4 Å². The Bertz CT molecular complexity index is 634. The van der Waals surface area contributed by atoms with Crippen molar-refractivity contribution in [1.29, 1.82) is 0 Å². The Morgan fingerprint density at radius 2 is 1.50 bits per heavy atom. The fraction of sp³-hybridized carbons (Fsp3) is 0.385. The maximum Gasteiger partial charge on any atom is 0.673 e. The molecule has 1 aromatic heterocycles. The zero-order valence-electron chi connectivity index (χ0n) is 12.0. The standard InChI is InChI=1S/C13H14F3S.BF4/c1-8(2)11-7-10-5-4-9(3)6-12(10)17(11)13(14,15)16;2-1(3,4)5/h4-8H,1-3H3;/q+1;-1. The molecule has 0 aliphatic rings. The van der Waals surface area contributed by atoms with Crippen molar-refractivity contribution in [1.82, 2.24) is 0 Å². The minimum Gasteiger partial charge on any atom is -0.418 e. The normalized spacial score (nSPS) is 13.3. The maximum absolute atomic E-state index is 13.2. The van der Waals surface area contributed by atoms with Gasteiger partial charge in [0.15, 0.2) is 9.58 Å². The Morgan fingerprint density at radius 1 is 1.00 bits per heavy atom. The molecule has 1 aromatic carbocycles. The van der Waals surface area contributed by atoms with Gasteiger partial charge in [-0.25, -0.2) is 0 Å². The number of hydrogen-bond acceptors (Lipinski definition) is 0. The summed E-state index contributed by atoms with van der Waals surface area (Å²) in [7, 11) is -7.74. The fourth-order valence-corrected chi connectivity index (χ4v) is 4.09. The number of thiophene rings is 1. The number of halogens is 7. The zero-order valence-corrected chi connectivity index (χ0v) is 12.8. The van der Waals surface area contributed by atoms with E-state index in [-0.39, 0.29) is 5.92 Å². The molecule has 0 spiro atoms. The second-order valence-corrected chi connectivity index (χ2v) is 6.98. The van der Waals surface area contributed by atoms with Crippen molar-refractivity contribution in [3.05, 3.63) is 34.7 Å². The van der Waals surface area contributed by atoms with E-state index in [1.54, 1.807) is 18.2 Å². The number of alkyl halides is 3. The van der Waals surface area contributed by atoms with E-state index < -0.39 is 23.2 Å². The molecule has 0 saturated carbocycles. The van der Waals surface area contributed by atoms with Crippen LogP contribution in [0.5, 0.6) is 0 Å². The molecule has 1 atom stereocenters. The van der Waals surface area contributed by atoms with Crippen molar-refractivity contribution in [2.45, 2.75) is 32.2 Å². The molecule has 0 fully saturated rings. The van der Waals surface area contributed by atoms with Crippen LogP contribution in [0.1, 0.15) is 30.2 Å². The first kappa shape index (κ1) is 18.8. The van der Waals surface area contributed by atoms with E-state index in [0.717, 1.165) is 10.9 Å². The summed E-state index contributed by atoms with van der Waals surface area (Å²) in [6, 6.07) is 7.01. The molecule has 0 nitrogen and oxygen atoms in total. The molecule has 0 saturated heterocycles. The van der Waals surface area contributed by atoms with Gasteiger partial charge in [-0.3, -0.25) is 0 Å². The monoisotopic (exact) mass is 346 g/mol. The van der Waals surface area contributed by atoms with Crippen molar-refractivity contribution in [2.75, 3.05) is 0 Å². The van der Waals surface area contributed by atoms with Crippen molar-refractivity contribution in [3.63, 3.8) is 0 Å². The average molecular weight is 346 g/mol. The molecule has 1 unspecified atom stereocenters. The van der Waals surface area contributed by atoms with E-state index in [1.807, 2.05) is 26.8 Å². The third-order valence-electron chi connectivity index (χ3n) is 2.72. The highest BCUT2D eigenvalue weighted by Crippen LogP contribution is 2.53. The van der Waals surface area contributed by atoms with Crippen LogP contribution >= 0.6 is 10.5 Å². The summed E-state index contributed by atoms with van der Waals surface area (Å²) in [4.78, 5) is 0.498. The van der Waals surface area contributed by atoms with Gasteiger partial charge in [-0.1, -0.05) is 19.9 Å². The van der Waals surface area contributed by atoms with Crippen molar-refractivity contribution in [2.24, 2.45) is 0 Å². The number of aryl methyl sites for hydroxylation is 1. The highest BCUT2D eigenvalue weighted by Gasteiger charge is 2.48. The van der Waals surface area contributed by atoms with E-state index >= 15 is 0 Å². The first-order valence-electron chi connectivity index (χ1n) is 6.31. The van der Waals surface area contributed by atoms with E-state index in [2.05, 4.69) is 0 Å². The van der Waals surface area contributed by atoms with E-state index in [1.165, 1.54) is 0 Å². The molecule has 0 aliphatic heterocycles. The summed E-state index contributed by atoms with van der Waals surface area (Å²) in [5.41, 5.74) is -3.29. The molecule has 0 bridgehead atoms. The molecule has 1 heterocycles. The summed E-state index contributed by atoms with van der Waals surface area (Å²) in [6.07, 6.45) is 0. The SMILES string of the molecule is Cc1ccc2cc(C(C)C)[s+](C(F)(F)F)c2c1.F[B-](F)(F)F. The van der Waals surface area contributed by atoms with Gasteiger partial charge in [0, 0.05) is 23.4 Å². The molecule has 9 heteroatoms. The highest BCUT2D eigenvalue weighted by atomic mass is 32.2. The Balaban J connectivity index is 0.000000422. The van der Waals surface area contributed by atoms with Gasteiger partial charge in [-0.05, 0) is 18.6 Å². The maximum atomic E-state index is 13.2. The lowest BCUT2D eigenvalue weighted by Crippen LogP contribution is -2.02. The van der Waals surface area contributed by atoms with E-state index in [0.29, 0.717) is 9.58 Å². The summed E-state index contributed by atoms with van der Waals surface area (Å²) < 4.78 is 78.9. The summed E-state index contributed by atoms with van der Waals surface area (Å²) >= 11 is 0. The predicted octanol–water partition coefficient (Wildman–Crippen LogP) is 6.80. The number of rotatable bonds is 1. The zero-order chi connectivity index (χ0) is 17.3. The lowest BCUT2D eigenvalue weighted by molar-refractivity contribution is -0.0868. The van der Waals surface area contributed by atoms with Crippen LogP contribution in [0.25, 0.3) is 10.1 Å². The van der Waals surface area contributed by atoms with E-state index in [9.17, 15) is 30.4 Å². The molecule has 2 aromatic rings. The lowest BCUT2D eigenvalue weighted by Gasteiger charge is -2.02. The molecule has 0 radical (unpaired) electrons. The molecular weight excluding hydrogens is 332 g/mol.